The fraction of sp³-hybridized carbons (Fsp3) is 0.259. The number of nitrogens with zero attached hydrogens (tertiary/aromatic N) is 1. The third kappa shape index (κ3) is 6.27. The van der Waals surface area contributed by atoms with E-state index in [0.29, 0.717) is 34.4 Å². The molecular formula is C27H26Cl2N2O4. The fourth-order valence-corrected chi connectivity index (χ4v) is 4.37. The molecule has 8 heteroatoms. The highest BCUT2D eigenvalue weighted by atomic mass is 35.5. The van der Waals surface area contributed by atoms with Crippen molar-refractivity contribution in [1.29, 1.82) is 0 Å². The second-order valence-electron chi connectivity index (χ2n) is 8.28. The number of halogens is 2. The van der Waals surface area contributed by atoms with Gasteiger partial charge in [-0.3, -0.25) is 9.59 Å². The zero-order valence-corrected chi connectivity index (χ0v) is 20.8. The van der Waals surface area contributed by atoms with Crippen molar-refractivity contribution in [2.24, 2.45) is 0 Å². The Morgan fingerprint density at radius 2 is 1.66 bits per heavy atom. The highest BCUT2D eigenvalue weighted by molar-refractivity contribution is 6.42. The Labute approximate surface area is 214 Å². The lowest BCUT2D eigenvalue weighted by Crippen LogP contribution is -2.49. The number of aryl methyl sites for hydroxylation is 1. The van der Waals surface area contributed by atoms with Crippen LogP contribution < -0.4 is 14.8 Å². The maximum atomic E-state index is 13.6. The SMILES string of the molecule is CNC(=O)[C@H](Cc1ccccc1)N(Cc1ccc(Cl)c(Cl)c1)C(=O)CCc1ccc2c(c1)OCO2. The van der Waals surface area contributed by atoms with Crippen LogP contribution in [0, 0.1) is 0 Å². The summed E-state index contributed by atoms with van der Waals surface area (Å²) in [7, 11) is 1.58. The van der Waals surface area contributed by atoms with Gasteiger partial charge in [-0.2, -0.15) is 0 Å². The van der Waals surface area contributed by atoms with E-state index in [0.717, 1.165) is 16.7 Å². The summed E-state index contributed by atoms with van der Waals surface area (Å²) < 4.78 is 10.8. The molecule has 1 aliphatic rings. The van der Waals surface area contributed by atoms with Crippen molar-refractivity contribution in [3.63, 3.8) is 0 Å². The van der Waals surface area contributed by atoms with Crippen LogP contribution in [0.25, 0.3) is 0 Å². The van der Waals surface area contributed by atoms with Gasteiger partial charge in [-0.25, -0.2) is 0 Å². The molecule has 0 spiro atoms. The van der Waals surface area contributed by atoms with Crippen LogP contribution in [0.15, 0.2) is 66.7 Å². The summed E-state index contributed by atoms with van der Waals surface area (Å²) in [6.45, 7) is 0.421. The molecule has 6 nitrogen and oxygen atoms in total. The second-order valence-corrected chi connectivity index (χ2v) is 9.09. The Kier molecular flexibility index (Phi) is 8.16. The Morgan fingerprint density at radius 1 is 0.914 bits per heavy atom. The monoisotopic (exact) mass is 512 g/mol. The first kappa shape index (κ1) is 24.9. The molecule has 1 N–H and O–H groups in total. The predicted octanol–water partition coefficient (Wildman–Crippen LogP) is 5.04. The number of hydrogen-bond acceptors (Lipinski definition) is 4. The number of fused-ring (bicyclic) bond motifs is 1. The van der Waals surface area contributed by atoms with Crippen LogP contribution in [0.4, 0.5) is 0 Å². The molecule has 0 saturated carbocycles. The molecule has 0 bridgehead atoms. The summed E-state index contributed by atoms with van der Waals surface area (Å²) in [5, 5.41) is 3.55. The van der Waals surface area contributed by atoms with Crippen molar-refractivity contribution in [1.82, 2.24) is 10.2 Å². The van der Waals surface area contributed by atoms with Gasteiger partial charge in [0.05, 0.1) is 10.0 Å². The molecule has 182 valence electrons. The minimum atomic E-state index is -0.693. The van der Waals surface area contributed by atoms with Gasteiger partial charge in [0.2, 0.25) is 18.6 Å². The minimum absolute atomic E-state index is 0.140. The topological polar surface area (TPSA) is 67.9 Å². The molecule has 1 atom stereocenters. The molecule has 1 heterocycles. The molecule has 0 unspecified atom stereocenters. The number of likely N-dealkylation sites (N-methyl/N-ethyl adjacent to an activating group) is 1. The number of benzene rings is 3. The second kappa shape index (κ2) is 11.5. The van der Waals surface area contributed by atoms with Crippen molar-refractivity contribution in [3.8, 4) is 11.5 Å². The minimum Gasteiger partial charge on any atom is -0.454 e. The Bertz CT molecular complexity index is 1200. The molecular weight excluding hydrogens is 487 g/mol. The van der Waals surface area contributed by atoms with Gasteiger partial charge in [0.15, 0.2) is 11.5 Å². The van der Waals surface area contributed by atoms with Gasteiger partial charge in [-0.15, -0.1) is 0 Å². The molecule has 0 fully saturated rings. The zero-order valence-electron chi connectivity index (χ0n) is 19.3. The standard InChI is InChI=1S/C27H26Cl2N2O4/c1-30-27(33)23(14-18-5-3-2-4-6-18)31(16-20-7-10-21(28)22(29)13-20)26(32)12-9-19-8-11-24-25(15-19)35-17-34-24/h2-8,10-11,13,15,23H,9,12,14,16-17H2,1H3,(H,30,33)/t23-/m0/s1. The number of carbonyl (C=O) groups is 2. The first-order valence-electron chi connectivity index (χ1n) is 11.3. The average Bonchev–Trinajstić information content (AvgIpc) is 3.35. The molecule has 0 aromatic heterocycles. The molecule has 0 saturated heterocycles. The van der Waals surface area contributed by atoms with Crippen LogP contribution >= 0.6 is 23.2 Å². The van der Waals surface area contributed by atoms with Gasteiger partial charge >= 0.3 is 0 Å². The van der Waals surface area contributed by atoms with E-state index < -0.39 is 6.04 Å². The van der Waals surface area contributed by atoms with E-state index in [1.165, 1.54) is 0 Å². The quantitative estimate of drug-likeness (QED) is 0.436. The lowest BCUT2D eigenvalue weighted by Gasteiger charge is -2.31. The molecule has 35 heavy (non-hydrogen) atoms. The highest BCUT2D eigenvalue weighted by Crippen LogP contribution is 2.33. The van der Waals surface area contributed by atoms with Gasteiger partial charge in [-0.1, -0.05) is 65.7 Å². The molecule has 3 aromatic rings. The van der Waals surface area contributed by atoms with E-state index in [4.69, 9.17) is 32.7 Å². The summed E-state index contributed by atoms with van der Waals surface area (Å²) in [4.78, 5) is 28.2. The maximum absolute atomic E-state index is 13.6. The smallest absolute Gasteiger partial charge is 0.242 e. The van der Waals surface area contributed by atoms with Crippen LogP contribution in [0.2, 0.25) is 10.0 Å². The number of hydrogen-bond donors (Lipinski definition) is 1. The first-order valence-corrected chi connectivity index (χ1v) is 12.1. The third-order valence-electron chi connectivity index (χ3n) is 5.92. The summed E-state index contributed by atoms with van der Waals surface area (Å²) in [5.41, 5.74) is 2.71. The van der Waals surface area contributed by atoms with Gasteiger partial charge in [0.1, 0.15) is 6.04 Å². The molecule has 0 aliphatic carbocycles. The largest absolute Gasteiger partial charge is 0.454 e. The maximum Gasteiger partial charge on any atom is 0.242 e. The van der Waals surface area contributed by atoms with E-state index in [2.05, 4.69) is 5.32 Å². The van der Waals surface area contributed by atoms with Gasteiger partial charge in [-0.05, 0) is 47.4 Å². The Hall–Kier alpha value is -3.22. The first-order chi connectivity index (χ1) is 16.9. The summed E-state index contributed by atoms with van der Waals surface area (Å²) in [6, 6.07) is 19.9. The number of carbonyl (C=O) groups excluding carboxylic acids is 2. The van der Waals surface area contributed by atoms with Crippen molar-refractivity contribution in [2.75, 3.05) is 13.8 Å². The van der Waals surface area contributed by atoms with Crippen LogP contribution in [-0.4, -0.2) is 36.6 Å². The number of ether oxygens (including phenoxy) is 2. The van der Waals surface area contributed by atoms with Crippen LogP contribution in [0.1, 0.15) is 23.1 Å². The number of rotatable bonds is 9. The van der Waals surface area contributed by atoms with E-state index in [1.807, 2.05) is 54.6 Å². The summed E-state index contributed by atoms with van der Waals surface area (Å²) in [6.07, 6.45) is 1.11. The van der Waals surface area contributed by atoms with E-state index in [1.54, 1.807) is 24.1 Å². The molecule has 2 amide bonds. The lowest BCUT2D eigenvalue weighted by molar-refractivity contribution is -0.141. The van der Waals surface area contributed by atoms with Crippen LogP contribution in [0.3, 0.4) is 0 Å². The predicted molar refractivity (Wildman–Crippen MR) is 136 cm³/mol. The fourth-order valence-electron chi connectivity index (χ4n) is 4.05. The summed E-state index contributed by atoms with van der Waals surface area (Å²) >= 11 is 12.3. The number of amides is 2. The van der Waals surface area contributed by atoms with E-state index >= 15 is 0 Å². The number of nitrogens with one attached hydrogen (secondary N) is 1. The molecule has 0 radical (unpaired) electrons. The van der Waals surface area contributed by atoms with Crippen molar-refractivity contribution < 1.29 is 19.1 Å². The third-order valence-corrected chi connectivity index (χ3v) is 6.66. The highest BCUT2D eigenvalue weighted by Gasteiger charge is 2.30. The molecule has 1 aliphatic heterocycles. The Morgan fingerprint density at radius 3 is 2.40 bits per heavy atom. The van der Waals surface area contributed by atoms with Crippen molar-refractivity contribution in [2.45, 2.75) is 31.8 Å². The van der Waals surface area contributed by atoms with E-state index in [-0.39, 0.29) is 31.6 Å². The van der Waals surface area contributed by atoms with Gasteiger partial charge in [0, 0.05) is 26.4 Å². The molecule has 3 aromatic carbocycles. The average molecular weight is 513 g/mol. The zero-order chi connectivity index (χ0) is 24.8. The Balaban J connectivity index is 1.58. The molecule has 4 rings (SSSR count). The van der Waals surface area contributed by atoms with Gasteiger partial charge in [0.25, 0.3) is 0 Å². The van der Waals surface area contributed by atoms with Crippen molar-refractivity contribution >= 4 is 35.0 Å². The lowest BCUT2D eigenvalue weighted by atomic mass is 10.0. The van der Waals surface area contributed by atoms with Crippen LogP contribution in [-0.2, 0) is 29.0 Å². The normalized spacial score (nSPS) is 12.8. The van der Waals surface area contributed by atoms with Gasteiger partial charge < -0.3 is 19.7 Å². The van der Waals surface area contributed by atoms with Crippen LogP contribution in [0.5, 0.6) is 11.5 Å². The van der Waals surface area contributed by atoms with E-state index in [9.17, 15) is 9.59 Å². The summed E-state index contributed by atoms with van der Waals surface area (Å²) in [5.74, 6) is 1.00. The van der Waals surface area contributed by atoms with Crippen molar-refractivity contribution in [3.05, 3.63) is 93.5 Å².